The van der Waals surface area contributed by atoms with Crippen molar-refractivity contribution < 1.29 is 20.1 Å². The van der Waals surface area contributed by atoms with E-state index in [-0.39, 0.29) is 17.7 Å². The van der Waals surface area contributed by atoms with Crippen LogP contribution in [-0.4, -0.2) is 22.4 Å². The van der Waals surface area contributed by atoms with E-state index in [0.717, 1.165) is 42.5 Å². The van der Waals surface area contributed by atoms with Gasteiger partial charge in [0.1, 0.15) is 22.7 Å². The van der Waals surface area contributed by atoms with E-state index in [9.17, 15) is 34.5 Å². The zero-order chi connectivity index (χ0) is 28.7. The molecule has 0 saturated heterocycles. The SMILES string of the molecule is C/C=C/CCc1cc(C)c2c(O)c3c(cc2c1)CCC31C(O)=c2c(=O)c3c(=O)cc(OC)c(=O)c=3c(=O)c2=C1O. The van der Waals surface area contributed by atoms with E-state index in [2.05, 4.69) is 6.08 Å². The largest absolute Gasteiger partial charge is 0.510 e. The van der Waals surface area contributed by atoms with Crippen molar-refractivity contribution in [1.82, 2.24) is 0 Å². The lowest BCUT2D eigenvalue weighted by Gasteiger charge is -2.27. The van der Waals surface area contributed by atoms with Gasteiger partial charge in [0.25, 0.3) is 0 Å². The lowest BCUT2D eigenvalue weighted by atomic mass is 9.78. The number of allylic oxidation sites excluding steroid dienone is 2. The molecule has 0 radical (unpaired) electrons. The summed E-state index contributed by atoms with van der Waals surface area (Å²) in [5.74, 6) is -1.79. The molecule has 0 amide bonds. The Labute approximate surface area is 226 Å². The molecule has 1 atom stereocenters. The summed E-state index contributed by atoms with van der Waals surface area (Å²) >= 11 is 0. The summed E-state index contributed by atoms with van der Waals surface area (Å²) in [7, 11) is 1.16. The van der Waals surface area contributed by atoms with Crippen molar-refractivity contribution in [1.29, 1.82) is 0 Å². The van der Waals surface area contributed by atoms with Gasteiger partial charge in [0, 0.05) is 17.0 Å². The third kappa shape index (κ3) is 3.07. The Bertz CT molecular complexity index is 2240. The number of phenols is 1. The number of phenolic OH excluding ortho intramolecular Hbond substituents is 1. The van der Waals surface area contributed by atoms with Gasteiger partial charge in [0.15, 0.2) is 11.2 Å². The summed E-state index contributed by atoms with van der Waals surface area (Å²) < 4.78 is 4.93. The summed E-state index contributed by atoms with van der Waals surface area (Å²) in [6, 6.07) is 6.72. The van der Waals surface area contributed by atoms with Crippen molar-refractivity contribution >= 4 is 22.3 Å². The molecule has 0 bridgehead atoms. The van der Waals surface area contributed by atoms with Crippen molar-refractivity contribution in [3.63, 3.8) is 0 Å². The van der Waals surface area contributed by atoms with Gasteiger partial charge in [0.05, 0.1) is 28.0 Å². The molecule has 4 aliphatic carbocycles. The molecule has 2 aromatic carbocycles. The number of aliphatic hydroxyl groups excluding tert-OH is 2. The first-order valence-electron chi connectivity index (χ1n) is 13.0. The summed E-state index contributed by atoms with van der Waals surface area (Å²) in [6.07, 6.45) is 6.17. The Kier molecular flexibility index (Phi) is 5.52. The van der Waals surface area contributed by atoms with Gasteiger partial charge < -0.3 is 20.1 Å². The van der Waals surface area contributed by atoms with Gasteiger partial charge in [-0.3, -0.25) is 19.2 Å². The molecule has 0 aliphatic heterocycles. The molecule has 0 saturated carbocycles. The molecular weight excluding hydrogens is 512 g/mol. The van der Waals surface area contributed by atoms with Gasteiger partial charge >= 0.3 is 0 Å². The number of ether oxygens (including phenoxy) is 1. The van der Waals surface area contributed by atoms with Gasteiger partial charge in [-0.2, -0.15) is 0 Å². The van der Waals surface area contributed by atoms with Crippen LogP contribution in [0.15, 0.2) is 55.6 Å². The molecule has 4 aliphatic rings. The van der Waals surface area contributed by atoms with Gasteiger partial charge in [-0.25, -0.2) is 0 Å². The van der Waals surface area contributed by atoms with E-state index in [1.54, 1.807) is 0 Å². The van der Waals surface area contributed by atoms with E-state index in [4.69, 9.17) is 4.74 Å². The first-order chi connectivity index (χ1) is 19.1. The third-order valence-electron chi connectivity index (χ3n) is 8.45. The van der Waals surface area contributed by atoms with Crippen LogP contribution in [-0.2, 0) is 18.3 Å². The number of methoxy groups -OCH3 is 1. The molecule has 2 aromatic rings. The minimum Gasteiger partial charge on any atom is -0.510 e. The molecule has 40 heavy (non-hydrogen) atoms. The summed E-state index contributed by atoms with van der Waals surface area (Å²) in [5, 5.41) is 33.8. The molecule has 0 aromatic heterocycles. The highest BCUT2D eigenvalue weighted by atomic mass is 16.5. The van der Waals surface area contributed by atoms with E-state index < -0.39 is 65.3 Å². The van der Waals surface area contributed by atoms with Gasteiger partial charge in [-0.05, 0) is 61.6 Å². The van der Waals surface area contributed by atoms with Crippen molar-refractivity contribution in [2.45, 2.75) is 44.9 Å². The summed E-state index contributed by atoms with van der Waals surface area (Å²) in [4.78, 5) is 52.9. The zero-order valence-corrected chi connectivity index (χ0v) is 22.2. The molecule has 0 heterocycles. The van der Waals surface area contributed by atoms with Gasteiger partial charge in [0.2, 0.25) is 16.3 Å². The predicted molar refractivity (Wildman–Crippen MR) is 151 cm³/mol. The zero-order valence-electron chi connectivity index (χ0n) is 22.2. The highest BCUT2D eigenvalue weighted by Gasteiger charge is 2.53. The maximum Gasteiger partial charge on any atom is 0.232 e. The first kappa shape index (κ1) is 25.6. The summed E-state index contributed by atoms with van der Waals surface area (Å²) in [5.41, 5.74) is -2.91. The molecule has 6 rings (SSSR count). The Hall–Kier alpha value is -4.72. The second-order valence-electron chi connectivity index (χ2n) is 10.5. The molecular formula is C32H26O8. The smallest absolute Gasteiger partial charge is 0.232 e. The molecule has 1 unspecified atom stereocenters. The molecule has 1 spiro atoms. The number of aryl methyl sites for hydroxylation is 3. The fourth-order valence-electron chi connectivity index (χ4n) is 6.70. The number of hydrogen-bond acceptors (Lipinski definition) is 8. The highest BCUT2D eigenvalue weighted by Crippen LogP contribution is 2.54. The van der Waals surface area contributed by atoms with Gasteiger partial charge in [-0.15, -0.1) is 0 Å². The third-order valence-corrected chi connectivity index (χ3v) is 8.45. The first-order valence-corrected chi connectivity index (χ1v) is 13.0. The standard InChI is InChI=1S/C32H26O8/c1-4-5-6-7-15-10-14(2)20-17(11-15)12-16-8-9-32(25(16)29(20)37)30(38)23-24(31(32)39)28(36)22-21(27(23)35)18(33)13-19(40-3)26(22)34/h4-5,10-13,37-39H,6-9H2,1-3H3/b5-4+. The topological polar surface area (TPSA) is 138 Å². The molecule has 202 valence electrons. The molecule has 8 nitrogen and oxygen atoms in total. The Morgan fingerprint density at radius 2 is 1.57 bits per heavy atom. The minimum atomic E-state index is -1.77. The van der Waals surface area contributed by atoms with E-state index in [1.807, 2.05) is 38.1 Å². The van der Waals surface area contributed by atoms with Crippen molar-refractivity contribution in [2.75, 3.05) is 7.11 Å². The van der Waals surface area contributed by atoms with E-state index in [0.29, 0.717) is 17.4 Å². The van der Waals surface area contributed by atoms with Crippen LogP contribution < -0.4 is 36.9 Å². The van der Waals surface area contributed by atoms with E-state index in [1.165, 1.54) is 0 Å². The highest BCUT2D eigenvalue weighted by molar-refractivity contribution is 5.97. The van der Waals surface area contributed by atoms with Crippen LogP contribution in [0, 0.1) is 17.4 Å². The van der Waals surface area contributed by atoms with Crippen LogP contribution in [0.2, 0.25) is 0 Å². The molecule has 0 fully saturated rings. The van der Waals surface area contributed by atoms with Crippen LogP contribution in [0.25, 0.3) is 22.3 Å². The fourth-order valence-corrected chi connectivity index (χ4v) is 6.70. The van der Waals surface area contributed by atoms with Crippen molar-refractivity contribution in [3.05, 3.63) is 120 Å². The second-order valence-corrected chi connectivity index (χ2v) is 10.5. The van der Waals surface area contributed by atoms with Crippen LogP contribution in [0.5, 0.6) is 11.5 Å². The van der Waals surface area contributed by atoms with Crippen LogP contribution in [0.4, 0.5) is 0 Å². The number of hydrogen-bond donors (Lipinski definition) is 3. The average molecular weight is 539 g/mol. The monoisotopic (exact) mass is 538 g/mol. The molecule has 3 N–H and O–H groups in total. The Morgan fingerprint density at radius 3 is 2.23 bits per heavy atom. The number of benzene rings is 2. The summed E-state index contributed by atoms with van der Waals surface area (Å²) in [6.45, 7) is 3.83. The average Bonchev–Trinajstić information content (AvgIpc) is 3.40. The number of fused-ring (bicyclic) bond motifs is 4. The Morgan fingerprint density at radius 1 is 0.900 bits per heavy atom. The van der Waals surface area contributed by atoms with Crippen LogP contribution >= 0.6 is 0 Å². The minimum absolute atomic E-state index is 0.0682. The van der Waals surface area contributed by atoms with Crippen molar-refractivity contribution in [3.8, 4) is 11.5 Å². The predicted octanol–water partition coefficient (Wildman–Crippen LogP) is 1.64. The lowest BCUT2D eigenvalue weighted by Crippen LogP contribution is -2.51. The van der Waals surface area contributed by atoms with E-state index >= 15 is 0 Å². The quantitative estimate of drug-likeness (QED) is 0.334. The lowest BCUT2D eigenvalue weighted by molar-refractivity contribution is 0.362. The van der Waals surface area contributed by atoms with Crippen LogP contribution in [0.1, 0.15) is 42.0 Å². The fraction of sp³-hybridized carbons (Fsp3) is 0.250. The maximum atomic E-state index is 13.6. The number of rotatable bonds is 4. The van der Waals surface area contributed by atoms with Gasteiger partial charge in [-0.1, -0.05) is 30.4 Å². The van der Waals surface area contributed by atoms with Crippen LogP contribution in [0.3, 0.4) is 0 Å². The van der Waals surface area contributed by atoms with Crippen molar-refractivity contribution in [2.24, 2.45) is 0 Å². The maximum absolute atomic E-state index is 13.6. The normalized spacial score (nSPS) is 18.0. The number of aromatic hydroxyl groups is 1. The number of aliphatic hydroxyl groups is 2. The second kappa shape index (κ2) is 8.64. The Balaban J connectivity index is 1.71. The molecule has 8 heteroatoms.